The number of halogens is 1. The highest BCUT2D eigenvalue weighted by atomic mass is 19.1. The molecule has 4 nitrogen and oxygen atoms in total. The van der Waals surface area contributed by atoms with Crippen LogP contribution >= 0.6 is 0 Å². The van der Waals surface area contributed by atoms with E-state index >= 15 is 0 Å². The second-order valence-corrected chi connectivity index (χ2v) is 3.43. The summed E-state index contributed by atoms with van der Waals surface area (Å²) in [5.74, 6) is -0.324. The van der Waals surface area contributed by atoms with Crippen LogP contribution in [0.2, 0.25) is 0 Å². The number of carbonyl (C=O) groups is 1. The minimum Gasteiger partial charge on any atom is -0.395 e. The molecule has 1 rings (SSSR count). The Morgan fingerprint density at radius 2 is 2.31 bits per heavy atom. The molecule has 0 unspecified atom stereocenters. The molecule has 0 bridgehead atoms. The fourth-order valence-corrected chi connectivity index (χ4v) is 1.21. The number of urea groups is 1. The molecule has 0 aliphatic carbocycles. The summed E-state index contributed by atoms with van der Waals surface area (Å²) in [6.07, 6.45) is 0. The minimum absolute atomic E-state index is 0.0795. The summed E-state index contributed by atoms with van der Waals surface area (Å²) >= 11 is 0. The quantitative estimate of drug-likeness (QED) is 0.803. The van der Waals surface area contributed by atoms with E-state index in [2.05, 4.69) is 5.32 Å². The second-order valence-electron chi connectivity index (χ2n) is 3.43. The maximum atomic E-state index is 12.8. The largest absolute Gasteiger partial charge is 0.395 e. The number of rotatable bonds is 4. The molecule has 1 aromatic carbocycles. The zero-order chi connectivity index (χ0) is 12.0. The Kier molecular flexibility index (Phi) is 4.72. The van der Waals surface area contributed by atoms with Crippen LogP contribution in [0.1, 0.15) is 5.56 Å². The van der Waals surface area contributed by atoms with E-state index in [0.29, 0.717) is 5.56 Å². The van der Waals surface area contributed by atoms with Crippen molar-refractivity contribution in [2.45, 2.75) is 6.54 Å². The molecule has 0 saturated heterocycles. The van der Waals surface area contributed by atoms with Crippen LogP contribution in [0.3, 0.4) is 0 Å². The van der Waals surface area contributed by atoms with Crippen molar-refractivity contribution in [3.8, 4) is 0 Å². The Hall–Kier alpha value is -1.62. The Balaban J connectivity index is 2.42. The van der Waals surface area contributed by atoms with E-state index in [4.69, 9.17) is 5.11 Å². The molecule has 0 aliphatic heterocycles. The lowest BCUT2D eigenvalue weighted by atomic mass is 10.2. The van der Waals surface area contributed by atoms with Gasteiger partial charge in [0.25, 0.3) is 0 Å². The van der Waals surface area contributed by atoms with E-state index in [0.717, 1.165) is 0 Å². The van der Waals surface area contributed by atoms with E-state index < -0.39 is 0 Å². The summed E-state index contributed by atoms with van der Waals surface area (Å²) in [6, 6.07) is 5.75. The highest BCUT2D eigenvalue weighted by Crippen LogP contribution is 2.02. The number of hydrogen-bond acceptors (Lipinski definition) is 2. The summed E-state index contributed by atoms with van der Waals surface area (Å²) in [7, 11) is 1.58. The van der Waals surface area contributed by atoms with Gasteiger partial charge in [-0.15, -0.1) is 0 Å². The normalized spacial score (nSPS) is 9.94. The number of aliphatic hydroxyl groups excluding tert-OH is 1. The number of amides is 2. The summed E-state index contributed by atoms with van der Waals surface area (Å²) in [4.78, 5) is 12.8. The lowest BCUT2D eigenvalue weighted by molar-refractivity contribution is 0.190. The number of aliphatic hydroxyl groups is 1. The molecule has 0 spiro atoms. The van der Waals surface area contributed by atoms with Crippen molar-refractivity contribution in [1.82, 2.24) is 10.2 Å². The number of benzene rings is 1. The molecule has 2 N–H and O–H groups in total. The molecular formula is C11H15FN2O2. The predicted octanol–water partition coefficient (Wildman–Crippen LogP) is 0.959. The van der Waals surface area contributed by atoms with Gasteiger partial charge in [-0.25, -0.2) is 9.18 Å². The van der Waals surface area contributed by atoms with Crippen molar-refractivity contribution in [2.75, 3.05) is 20.2 Å². The van der Waals surface area contributed by atoms with Crippen LogP contribution < -0.4 is 5.32 Å². The Morgan fingerprint density at radius 1 is 1.56 bits per heavy atom. The maximum absolute atomic E-state index is 12.8. The van der Waals surface area contributed by atoms with Crippen molar-refractivity contribution in [3.63, 3.8) is 0 Å². The summed E-state index contributed by atoms with van der Waals surface area (Å²) in [5, 5.41) is 11.3. The number of hydrogen-bond donors (Lipinski definition) is 2. The molecule has 0 aromatic heterocycles. The number of carbonyl (C=O) groups excluding carboxylic acids is 1. The van der Waals surface area contributed by atoms with E-state index in [9.17, 15) is 9.18 Å². The first-order valence-corrected chi connectivity index (χ1v) is 4.97. The highest BCUT2D eigenvalue weighted by molar-refractivity contribution is 5.73. The number of likely N-dealkylation sites (N-methyl/N-ethyl adjacent to an activating group) is 1. The monoisotopic (exact) mass is 226 g/mol. The first kappa shape index (κ1) is 12.4. The van der Waals surface area contributed by atoms with Crippen LogP contribution in [-0.2, 0) is 6.54 Å². The fraction of sp³-hybridized carbons (Fsp3) is 0.364. The van der Waals surface area contributed by atoms with Crippen LogP contribution in [0.4, 0.5) is 9.18 Å². The molecular weight excluding hydrogens is 211 g/mol. The van der Waals surface area contributed by atoms with Crippen molar-refractivity contribution in [3.05, 3.63) is 35.6 Å². The van der Waals surface area contributed by atoms with Crippen LogP contribution in [-0.4, -0.2) is 36.2 Å². The minimum atomic E-state index is -0.324. The van der Waals surface area contributed by atoms with Gasteiger partial charge in [0.2, 0.25) is 0 Å². The van der Waals surface area contributed by atoms with Gasteiger partial charge in [-0.3, -0.25) is 0 Å². The zero-order valence-electron chi connectivity index (χ0n) is 9.11. The maximum Gasteiger partial charge on any atom is 0.317 e. The summed E-state index contributed by atoms with van der Waals surface area (Å²) < 4.78 is 12.8. The zero-order valence-corrected chi connectivity index (χ0v) is 9.11. The smallest absolute Gasteiger partial charge is 0.317 e. The molecule has 88 valence electrons. The molecule has 0 aliphatic rings. The molecule has 2 amide bonds. The van der Waals surface area contributed by atoms with Crippen LogP contribution in [0.25, 0.3) is 0 Å². The van der Waals surface area contributed by atoms with Gasteiger partial charge in [0.1, 0.15) is 5.82 Å². The average Bonchev–Trinajstić information content (AvgIpc) is 2.26. The first-order chi connectivity index (χ1) is 7.63. The third-order valence-electron chi connectivity index (χ3n) is 2.11. The Labute approximate surface area is 93.7 Å². The van der Waals surface area contributed by atoms with Crippen LogP contribution in [0, 0.1) is 5.82 Å². The number of nitrogens with one attached hydrogen (secondary N) is 1. The first-order valence-electron chi connectivity index (χ1n) is 4.97. The van der Waals surface area contributed by atoms with Gasteiger partial charge in [-0.2, -0.15) is 0 Å². The molecule has 5 heteroatoms. The average molecular weight is 226 g/mol. The van der Waals surface area contributed by atoms with Crippen molar-refractivity contribution >= 4 is 6.03 Å². The van der Waals surface area contributed by atoms with E-state index in [1.54, 1.807) is 19.2 Å². The van der Waals surface area contributed by atoms with E-state index in [1.165, 1.54) is 17.0 Å². The topological polar surface area (TPSA) is 52.6 Å². The molecule has 0 heterocycles. The third-order valence-corrected chi connectivity index (χ3v) is 2.11. The Morgan fingerprint density at radius 3 is 2.94 bits per heavy atom. The SMILES string of the molecule is CN(CCO)C(=O)NCc1cccc(F)c1. The molecule has 0 atom stereocenters. The Bertz CT molecular complexity index is 358. The standard InChI is InChI=1S/C11H15FN2O2/c1-14(5-6-15)11(16)13-8-9-3-2-4-10(12)7-9/h2-4,7,15H,5-6,8H2,1H3,(H,13,16). The molecule has 1 aromatic rings. The van der Waals surface area contributed by atoms with Crippen molar-refractivity contribution in [1.29, 1.82) is 0 Å². The van der Waals surface area contributed by atoms with Gasteiger partial charge in [0, 0.05) is 20.1 Å². The lowest BCUT2D eigenvalue weighted by Gasteiger charge is -2.16. The van der Waals surface area contributed by atoms with E-state index in [-0.39, 0.29) is 31.5 Å². The lowest BCUT2D eigenvalue weighted by Crippen LogP contribution is -2.38. The van der Waals surface area contributed by atoms with Crippen LogP contribution in [0.15, 0.2) is 24.3 Å². The van der Waals surface area contributed by atoms with Gasteiger partial charge >= 0.3 is 6.03 Å². The highest BCUT2D eigenvalue weighted by Gasteiger charge is 2.06. The van der Waals surface area contributed by atoms with Crippen molar-refractivity contribution < 1.29 is 14.3 Å². The van der Waals surface area contributed by atoms with Crippen LogP contribution in [0.5, 0.6) is 0 Å². The van der Waals surface area contributed by atoms with Gasteiger partial charge in [0.15, 0.2) is 0 Å². The fourth-order valence-electron chi connectivity index (χ4n) is 1.21. The van der Waals surface area contributed by atoms with Gasteiger partial charge < -0.3 is 15.3 Å². The molecule has 0 radical (unpaired) electrons. The summed E-state index contributed by atoms with van der Waals surface area (Å²) in [6.45, 7) is 0.464. The second kappa shape index (κ2) is 6.07. The van der Waals surface area contributed by atoms with Crippen molar-refractivity contribution in [2.24, 2.45) is 0 Å². The molecule has 0 fully saturated rings. The number of nitrogens with zero attached hydrogens (tertiary/aromatic N) is 1. The van der Waals surface area contributed by atoms with Gasteiger partial charge in [-0.1, -0.05) is 12.1 Å². The predicted molar refractivity (Wildman–Crippen MR) is 58.4 cm³/mol. The van der Waals surface area contributed by atoms with E-state index in [1.807, 2.05) is 0 Å². The molecule has 0 saturated carbocycles. The van der Waals surface area contributed by atoms with Gasteiger partial charge in [-0.05, 0) is 17.7 Å². The molecule has 16 heavy (non-hydrogen) atoms. The van der Waals surface area contributed by atoms with Gasteiger partial charge in [0.05, 0.1) is 6.61 Å². The third kappa shape index (κ3) is 3.86. The summed E-state index contributed by atoms with van der Waals surface area (Å²) in [5.41, 5.74) is 0.700.